The van der Waals surface area contributed by atoms with Gasteiger partial charge < -0.3 is 5.32 Å². The molecule has 3 heteroatoms. The van der Waals surface area contributed by atoms with Crippen LogP contribution in [0.1, 0.15) is 12.8 Å². The molecule has 1 atom stereocenters. The molecule has 2 nitrogen and oxygen atoms in total. The highest BCUT2D eigenvalue weighted by Gasteiger charge is 1.95. The standard InChI is InChI=1S/C7H12NOP/c1-3-4-5-7(9)8-6-10-2/h1,10H,4-6H2,2H3,(H,8,9). The molecule has 0 saturated carbocycles. The zero-order chi connectivity index (χ0) is 7.82. The van der Waals surface area contributed by atoms with Crippen LogP contribution in [0.5, 0.6) is 0 Å². The van der Waals surface area contributed by atoms with Crippen LogP contribution in [-0.2, 0) is 4.79 Å². The minimum absolute atomic E-state index is 0.0623. The first kappa shape index (κ1) is 9.46. The first-order valence-corrected chi connectivity index (χ1v) is 4.86. The van der Waals surface area contributed by atoms with E-state index in [1.54, 1.807) is 0 Å². The maximum absolute atomic E-state index is 10.8. The predicted octanol–water partition coefficient (Wildman–Crippen LogP) is 0.782. The SMILES string of the molecule is C#CCCC(=O)NCPC. The molecule has 10 heavy (non-hydrogen) atoms. The van der Waals surface area contributed by atoms with Crippen molar-refractivity contribution >= 4 is 14.5 Å². The lowest BCUT2D eigenvalue weighted by atomic mass is 10.3. The van der Waals surface area contributed by atoms with Crippen molar-refractivity contribution in [1.29, 1.82) is 0 Å². The average Bonchev–Trinajstić information content (AvgIpc) is 1.97. The van der Waals surface area contributed by atoms with Gasteiger partial charge in [-0.25, -0.2) is 0 Å². The summed E-state index contributed by atoms with van der Waals surface area (Å²) in [7, 11) is 0.772. The number of carbonyl (C=O) groups is 1. The molecule has 1 N–H and O–H groups in total. The van der Waals surface area contributed by atoms with Gasteiger partial charge in [0.25, 0.3) is 0 Å². The Morgan fingerprint density at radius 1 is 1.80 bits per heavy atom. The highest BCUT2D eigenvalue weighted by molar-refractivity contribution is 7.36. The van der Waals surface area contributed by atoms with Crippen LogP contribution in [0.3, 0.4) is 0 Å². The number of amides is 1. The molecular formula is C7H12NOP. The average molecular weight is 157 g/mol. The van der Waals surface area contributed by atoms with Crippen molar-refractivity contribution in [2.45, 2.75) is 12.8 Å². The van der Waals surface area contributed by atoms with Crippen LogP contribution in [0.25, 0.3) is 0 Å². The van der Waals surface area contributed by atoms with Crippen molar-refractivity contribution < 1.29 is 4.79 Å². The number of terminal acetylenes is 1. The van der Waals surface area contributed by atoms with Crippen LogP contribution < -0.4 is 5.32 Å². The first-order chi connectivity index (χ1) is 4.81. The van der Waals surface area contributed by atoms with Crippen molar-refractivity contribution in [2.24, 2.45) is 0 Å². The van der Waals surface area contributed by atoms with Gasteiger partial charge in [-0.2, -0.15) is 0 Å². The molecule has 0 rings (SSSR count). The number of hydrogen-bond donors (Lipinski definition) is 1. The minimum atomic E-state index is 0.0623. The van der Waals surface area contributed by atoms with E-state index in [-0.39, 0.29) is 5.91 Å². The molecule has 0 aromatic carbocycles. The van der Waals surface area contributed by atoms with Gasteiger partial charge in [0.1, 0.15) is 0 Å². The summed E-state index contributed by atoms with van der Waals surface area (Å²) in [5.41, 5.74) is 0. The number of carbonyl (C=O) groups excluding carboxylic acids is 1. The summed E-state index contributed by atoms with van der Waals surface area (Å²) < 4.78 is 0. The van der Waals surface area contributed by atoms with E-state index < -0.39 is 0 Å². The van der Waals surface area contributed by atoms with Crippen LogP contribution in [-0.4, -0.2) is 18.9 Å². The van der Waals surface area contributed by atoms with Gasteiger partial charge >= 0.3 is 0 Å². The highest BCUT2D eigenvalue weighted by atomic mass is 31.1. The van der Waals surface area contributed by atoms with E-state index in [0.29, 0.717) is 12.8 Å². The number of nitrogens with one attached hydrogen (secondary N) is 1. The normalized spacial score (nSPS) is 9.60. The highest BCUT2D eigenvalue weighted by Crippen LogP contribution is 1.96. The molecule has 0 aliphatic rings. The second-order valence-electron chi connectivity index (χ2n) is 1.83. The molecule has 1 amide bonds. The van der Waals surface area contributed by atoms with E-state index in [4.69, 9.17) is 6.42 Å². The monoisotopic (exact) mass is 157 g/mol. The molecule has 0 bridgehead atoms. The molecule has 0 aliphatic heterocycles. The van der Waals surface area contributed by atoms with Gasteiger partial charge in [0.15, 0.2) is 0 Å². The second-order valence-corrected chi connectivity index (χ2v) is 2.90. The maximum Gasteiger partial charge on any atom is 0.221 e. The molecule has 0 spiro atoms. The molecule has 0 saturated heterocycles. The molecule has 0 heterocycles. The zero-order valence-electron chi connectivity index (χ0n) is 6.11. The molecular weight excluding hydrogens is 145 g/mol. The Labute approximate surface area is 63.6 Å². The second kappa shape index (κ2) is 6.58. The molecule has 56 valence electrons. The number of rotatable bonds is 4. The van der Waals surface area contributed by atoms with E-state index in [1.165, 1.54) is 0 Å². The van der Waals surface area contributed by atoms with Gasteiger partial charge in [0.2, 0.25) is 5.91 Å². The predicted molar refractivity (Wildman–Crippen MR) is 45.3 cm³/mol. The Hall–Kier alpha value is -0.540. The minimum Gasteiger partial charge on any atom is -0.352 e. The third kappa shape index (κ3) is 5.59. The van der Waals surface area contributed by atoms with Crippen LogP contribution >= 0.6 is 8.58 Å². The van der Waals surface area contributed by atoms with E-state index in [9.17, 15) is 4.79 Å². The summed E-state index contributed by atoms with van der Waals surface area (Å²) in [4.78, 5) is 10.8. The summed E-state index contributed by atoms with van der Waals surface area (Å²) in [6.07, 6.45) is 6.76. The van der Waals surface area contributed by atoms with Crippen molar-refractivity contribution in [3.8, 4) is 12.3 Å². The van der Waals surface area contributed by atoms with Crippen molar-refractivity contribution in [3.05, 3.63) is 0 Å². The van der Waals surface area contributed by atoms with Crippen molar-refractivity contribution in [2.75, 3.05) is 13.0 Å². The lowest BCUT2D eigenvalue weighted by Gasteiger charge is -1.99. The summed E-state index contributed by atoms with van der Waals surface area (Å²) in [6.45, 7) is 2.04. The van der Waals surface area contributed by atoms with Gasteiger partial charge in [-0.3, -0.25) is 4.79 Å². The fraction of sp³-hybridized carbons (Fsp3) is 0.571. The summed E-state index contributed by atoms with van der Waals surface area (Å²) in [5.74, 6) is 2.48. The van der Waals surface area contributed by atoms with Crippen LogP contribution in [0, 0.1) is 12.3 Å². The van der Waals surface area contributed by atoms with Crippen molar-refractivity contribution in [1.82, 2.24) is 5.32 Å². The van der Waals surface area contributed by atoms with E-state index in [0.717, 1.165) is 14.9 Å². The molecule has 1 unspecified atom stereocenters. The largest absolute Gasteiger partial charge is 0.352 e. The molecule has 0 radical (unpaired) electrons. The molecule has 0 fully saturated rings. The van der Waals surface area contributed by atoms with Crippen molar-refractivity contribution in [3.63, 3.8) is 0 Å². The molecule has 0 aromatic rings. The smallest absolute Gasteiger partial charge is 0.221 e. The van der Waals surface area contributed by atoms with E-state index in [1.807, 2.05) is 6.66 Å². The fourth-order valence-corrected chi connectivity index (χ4v) is 0.835. The first-order valence-electron chi connectivity index (χ1n) is 3.16. The van der Waals surface area contributed by atoms with Gasteiger partial charge in [-0.1, -0.05) is 0 Å². The summed E-state index contributed by atoms with van der Waals surface area (Å²) in [6, 6.07) is 0. The lowest BCUT2D eigenvalue weighted by Crippen LogP contribution is -2.21. The quantitative estimate of drug-likeness (QED) is 0.474. The van der Waals surface area contributed by atoms with Gasteiger partial charge in [-0.15, -0.1) is 20.9 Å². The van der Waals surface area contributed by atoms with E-state index in [2.05, 4.69) is 11.2 Å². The van der Waals surface area contributed by atoms with Gasteiger partial charge in [0.05, 0.1) is 0 Å². The third-order valence-corrected chi connectivity index (χ3v) is 1.49. The summed E-state index contributed by atoms with van der Waals surface area (Å²) in [5, 5.41) is 2.74. The molecule has 0 aliphatic carbocycles. The zero-order valence-corrected chi connectivity index (χ0v) is 7.11. The van der Waals surface area contributed by atoms with Crippen LogP contribution in [0.4, 0.5) is 0 Å². The van der Waals surface area contributed by atoms with Crippen LogP contribution in [0.2, 0.25) is 0 Å². The van der Waals surface area contributed by atoms with Gasteiger partial charge in [0, 0.05) is 19.1 Å². The third-order valence-electron chi connectivity index (χ3n) is 0.959. The topological polar surface area (TPSA) is 29.1 Å². The van der Waals surface area contributed by atoms with Crippen LogP contribution in [0.15, 0.2) is 0 Å². The van der Waals surface area contributed by atoms with E-state index >= 15 is 0 Å². The Bertz CT molecular complexity index is 139. The Morgan fingerprint density at radius 2 is 2.50 bits per heavy atom. The lowest BCUT2D eigenvalue weighted by molar-refractivity contribution is -0.120. The Balaban J connectivity index is 3.19. The fourth-order valence-electron chi connectivity index (χ4n) is 0.461. The van der Waals surface area contributed by atoms with Gasteiger partial charge in [-0.05, 0) is 6.66 Å². The Kier molecular flexibility index (Phi) is 6.22. The number of hydrogen-bond acceptors (Lipinski definition) is 1. The Morgan fingerprint density at radius 3 is 3.00 bits per heavy atom. The summed E-state index contributed by atoms with van der Waals surface area (Å²) >= 11 is 0. The molecule has 0 aromatic heterocycles. The maximum atomic E-state index is 10.8.